The number of fused-ring (bicyclic) bond motifs is 2. The van der Waals surface area contributed by atoms with Crippen molar-refractivity contribution in [2.45, 2.75) is 63.8 Å². The Morgan fingerprint density at radius 2 is 2.07 bits per heavy atom. The number of hydrogen-bond donors (Lipinski definition) is 1. The highest BCUT2D eigenvalue weighted by Crippen LogP contribution is 2.49. The topological polar surface area (TPSA) is 58.6 Å². The second kappa shape index (κ2) is 7.27. The van der Waals surface area contributed by atoms with Crippen molar-refractivity contribution in [2.75, 3.05) is 25.0 Å². The van der Waals surface area contributed by atoms with E-state index in [-0.39, 0.29) is 17.3 Å². The summed E-state index contributed by atoms with van der Waals surface area (Å²) in [4.78, 5) is 27.1. The maximum atomic E-state index is 12.8. The molecule has 146 valence electrons. The van der Waals surface area contributed by atoms with Gasteiger partial charge in [-0.25, -0.2) is 0 Å². The largest absolute Gasteiger partial charge is 0.466 e. The number of nitrogens with zero attached hydrogens (tertiary/aromatic N) is 1. The molecule has 2 aliphatic heterocycles. The third-order valence-electron chi connectivity index (χ3n) is 6.86. The van der Waals surface area contributed by atoms with Crippen molar-refractivity contribution in [2.24, 2.45) is 5.92 Å². The molecule has 1 saturated heterocycles. The van der Waals surface area contributed by atoms with Gasteiger partial charge in [-0.3, -0.25) is 9.59 Å². The zero-order chi connectivity index (χ0) is 19.0. The Morgan fingerprint density at radius 3 is 2.81 bits per heavy atom. The molecule has 3 aliphatic rings. The lowest BCUT2D eigenvalue weighted by atomic mass is 9.68. The van der Waals surface area contributed by atoms with Gasteiger partial charge in [0.05, 0.1) is 12.0 Å². The molecular formula is C22H30N2O3. The van der Waals surface area contributed by atoms with Gasteiger partial charge < -0.3 is 15.0 Å². The molecule has 1 atom stereocenters. The molecule has 0 unspecified atom stereocenters. The number of ether oxygens (including phenoxy) is 1. The first-order valence-corrected chi connectivity index (χ1v) is 10.3. The van der Waals surface area contributed by atoms with Gasteiger partial charge in [-0.05, 0) is 69.5 Å². The van der Waals surface area contributed by atoms with Crippen LogP contribution in [0.3, 0.4) is 0 Å². The number of esters is 1. The molecule has 0 radical (unpaired) electrons. The fraction of sp³-hybridized carbons (Fsp3) is 0.636. The van der Waals surface area contributed by atoms with Crippen molar-refractivity contribution in [3.63, 3.8) is 0 Å². The van der Waals surface area contributed by atoms with E-state index in [0.717, 1.165) is 56.4 Å². The fourth-order valence-corrected chi connectivity index (χ4v) is 5.36. The molecule has 27 heavy (non-hydrogen) atoms. The number of nitrogens with one attached hydrogen (secondary N) is 1. The Hall–Kier alpha value is -1.88. The first-order valence-electron chi connectivity index (χ1n) is 10.3. The van der Waals surface area contributed by atoms with Crippen LogP contribution in [0.1, 0.15) is 56.6 Å². The van der Waals surface area contributed by atoms with Gasteiger partial charge in [-0.15, -0.1) is 0 Å². The molecule has 1 aromatic carbocycles. The lowest BCUT2D eigenvalue weighted by Gasteiger charge is -2.39. The fourth-order valence-electron chi connectivity index (χ4n) is 5.36. The van der Waals surface area contributed by atoms with Gasteiger partial charge in [0.25, 0.3) is 0 Å². The van der Waals surface area contributed by atoms with Crippen molar-refractivity contribution in [3.05, 3.63) is 29.3 Å². The standard InChI is InChI=1S/C22H30N2O3/c1-3-27-19(25)13-16-9-12-24(14-16)17-7-10-22(11-8-17)18-6-4-5-15(2)20(18)23-21(22)26/h4-6,16-17H,3,7-14H2,1-2H3,(H,23,26)/t16-,17?,22?/m1/s1. The Kier molecular flexibility index (Phi) is 4.97. The smallest absolute Gasteiger partial charge is 0.306 e. The highest BCUT2D eigenvalue weighted by molar-refractivity contribution is 6.07. The molecule has 0 aromatic heterocycles. The number of carbonyl (C=O) groups is 2. The van der Waals surface area contributed by atoms with Crippen LogP contribution < -0.4 is 5.32 Å². The van der Waals surface area contributed by atoms with E-state index in [1.54, 1.807) is 0 Å². The normalized spacial score (nSPS) is 30.4. The number of hydrogen-bond acceptors (Lipinski definition) is 4. The number of likely N-dealkylation sites (tertiary alicyclic amines) is 1. The number of amides is 1. The molecule has 1 amide bonds. The average Bonchev–Trinajstić information content (AvgIpc) is 3.21. The lowest BCUT2D eigenvalue weighted by Crippen LogP contribution is -2.44. The SMILES string of the molecule is CCOC(=O)C[C@H]1CCN(C2CCC3(CC2)C(=O)Nc2c(C)cccc23)C1. The molecular weight excluding hydrogens is 340 g/mol. The molecule has 4 rings (SSSR count). The van der Waals surface area contributed by atoms with Gasteiger partial charge in [0.1, 0.15) is 0 Å². The predicted molar refractivity (Wildman–Crippen MR) is 105 cm³/mol. The quantitative estimate of drug-likeness (QED) is 0.825. The molecule has 2 fully saturated rings. The first-order chi connectivity index (χ1) is 13.0. The summed E-state index contributed by atoms with van der Waals surface area (Å²) in [7, 11) is 0. The van der Waals surface area contributed by atoms with Crippen LogP contribution in [-0.4, -0.2) is 42.5 Å². The molecule has 5 nitrogen and oxygen atoms in total. The summed E-state index contributed by atoms with van der Waals surface area (Å²) in [5, 5.41) is 3.15. The van der Waals surface area contributed by atoms with Crippen LogP contribution in [0.2, 0.25) is 0 Å². The maximum Gasteiger partial charge on any atom is 0.306 e. The number of para-hydroxylation sites is 1. The van der Waals surface area contributed by atoms with Crippen molar-refractivity contribution < 1.29 is 14.3 Å². The summed E-state index contributed by atoms with van der Waals surface area (Å²) < 4.78 is 5.10. The van der Waals surface area contributed by atoms with Gasteiger partial charge in [0.2, 0.25) is 5.91 Å². The minimum absolute atomic E-state index is 0.0680. The predicted octanol–water partition coefficient (Wildman–Crippen LogP) is 3.40. The Bertz CT molecular complexity index is 737. The zero-order valence-electron chi connectivity index (χ0n) is 16.4. The van der Waals surface area contributed by atoms with Crippen LogP contribution in [0.15, 0.2) is 18.2 Å². The summed E-state index contributed by atoms with van der Waals surface area (Å²) in [6.45, 7) is 6.43. The van der Waals surface area contributed by atoms with E-state index in [4.69, 9.17) is 4.74 Å². The molecule has 1 N–H and O–H groups in total. The Balaban J connectivity index is 1.38. The second-order valence-corrected chi connectivity index (χ2v) is 8.42. The third kappa shape index (κ3) is 3.27. The molecule has 1 spiro atoms. The number of anilines is 1. The van der Waals surface area contributed by atoms with Crippen LogP contribution in [0.4, 0.5) is 5.69 Å². The summed E-state index contributed by atoms with van der Waals surface area (Å²) in [5.74, 6) is 0.534. The maximum absolute atomic E-state index is 12.8. The van der Waals surface area contributed by atoms with E-state index in [9.17, 15) is 9.59 Å². The van der Waals surface area contributed by atoms with Crippen molar-refractivity contribution in [3.8, 4) is 0 Å². The third-order valence-corrected chi connectivity index (χ3v) is 6.86. The highest BCUT2D eigenvalue weighted by atomic mass is 16.5. The zero-order valence-corrected chi connectivity index (χ0v) is 16.4. The number of carbonyl (C=O) groups excluding carboxylic acids is 2. The minimum Gasteiger partial charge on any atom is -0.466 e. The molecule has 0 bridgehead atoms. The molecule has 5 heteroatoms. The highest BCUT2D eigenvalue weighted by Gasteiger charge is 2.49. The molecule has 1 aliphatic carbocycles. The van der Waals surface area contributed by atoms with E-state index in [1.807, 2.05) is 6.92 Å². The van der Waals surface area contributed by atoms with E-state index in [1.165, 1.54) is 5.56 Å². The average molecular weight is 370 g/mol. The van der Waals surface area contributed by atoms with Gasteiger partial charge in [0, 0.05) is 24.7 Å². The number of benzene rings is 1. The van der Waals surface area contributed by atoms with Crippen LogP contribution in [0, 0.1) is 12.8 Å². The van der Waals surface area contributed by atoms with Crippen molar-refractivity contribution >= 4 is 17.6 Å². The van der Waals surface area contributed by atoms with E-state index < -0.39 is 0 Å². The number of aryl methyl sites for hydroxylation is 1. The van der Waals surface area contributed by atoms with Gasteiger partial charge in [-0.2, -0.15) is 0 Å². The Morgan fingerprint density at radius 1 is 1.30 bits per heavy atom. The van der Waals surface area contributed by atoms with Gasteiger partial charge >= 0.3 is 5.97 Å². The lowest BCUT2D eigenvalue weighted by molar-refractivity contribution is -0.144. The number of rotatable bonds is 4. The molecule has 1 aromatic rings. The van der Waals surface area contributed by atoms with Crippen LogP contribution in [-0.2, 0) is 19.7 Å². The van der Waals surface area contributed by atoms with E-state index in [0.29, 0.717) is 25.0 Å². The minimum atomic E-state index is -0.331. The Labute approximate surface area is 161 Å². The first kappa shape index (κ1) is 18.5. The molecule has 1 saturated carbocycles. The van der Waals surface area contributed by atoms with Crippen molar-refractivity contribution in [1.29, 1.82) is 0 Å². The van der Waals surface area contributed by atoms with Crippen LogP contribution in [0.25, 0.3) is 0 Å². The van der Waals surface area contributed by atoms with Crippen LogP contribution in [0.5, 0.6) is 0 Å². The summed E-state index contributed by atoms with van der Waals surface area (Å²) in [6.07, 6.45) is 5.54. The monoisotopic (exact) mass is 370 g/mol. The molecule has 2 heterocycles. The van der Waals surface area contributed by atoms with E-state index >= 15 is 0 Å². The summed E-state index contributed by atoms with van der Waals surface area (Å²) in [6, 6.07) is 6.80. The van der Waals surface area contributed by atoms with Gasteiger partial charge in [0.15, 0.2) is 0 Å². The van der Waals surface area contributed by atoms with Crippen LogP contribution >= 0.6 is 0 Å². The van der Waals surface area contributed by atoms with E-state index in [2.05, 4.69) is 35.3 Å². The summed E-state index contributed by atoms with van der Waals surface area (Å²) in [5.41, 5.74) is 3.06. The second-order valence-electron chi connectivity index (χ2n) is 8.42. The summed E-state index contributed by atoms with van der Waals surface area (Å²) >= 11 is 0. The van der Waals surface area contributed by atoms with Gasteiger partial charge in [-0.1, -0.05) is 18.2 Å². The van der Waals surface area contributed by atoms with Crippen molar-refractivity contribution in [1.82, 2.24) is 4.90 Å².